The molecule has 0 saturated heterocycles. The molecule has 0 aliphatic carbocycles. The molecular formula is C10H13FN2O. The largest absolute Gasteiger partial charge is 0.483 e. The fourth-order valence-corrected chi connectivity index (χ4v) is 0.956. The van der Waals surface area contributed by atoms with Crippen LogP contribution < -0.4 is 10.1 Å². The summed E-state index contributed by atoms with van der Waals surface area (Å²) in [6.07, 6.45) is 0. The molecule has 0 amide bonds. The van der Waals surface area contributed by atoms with Gasteiger partial charge in [-0.15, -0.1) is 0 Å². The van der Waals surface area contributed by atoms with Crippen LogP contribution in [0.5, 0.6) is 5.75 Å². The van der Waals surface area contributed by atoms with Gasteiger partial charge < -0.3 is 10.1 Å². The number of benzene rings is 1. The van der Waals surface area contributed by atoms with Crippen LogP contribution in [0.25, 0.3) is 0 Å². The van der Waals surface area contributed by atoms with Crippen LogP contribution in [0.2, 0.25) is 0 Å². The van der Waals surface area contributed by atoms with Gasteiger partial charge in [-0.05, 0) is 12.1 Å². The molecule has 14 heavy (non-hydrogen) atoms. The van der Waals surface area contributed by atoms with Crippen LogP contribution in [0.15, 0.2) is 29.3 Å². The van der Waals surface area contributed by atoms with E-state index in [0.29, 0.717) is 5.84 Å². The minimum absolute atomic E-state index is 0.240. The van der Waals surface area contributed by atoms with Gasteiger partial charge in [-0.3, -0.25) is 4.99 Å². The predicted octanol–water partition coefficient (Wildman–Crippen LogP) is 1.45. The molecule has 4 heteroatoms. The summed E-state index contributed by atoms with van der Waals surface area (Å²) >= 11 is 0. The van der Waals surface area contributed by atoms with E-state index in [1.807, 2.05) is 0 Å². The Morgan fingerprint density at radius 3 is 2.79 bits per heavy atom. The molecule has 0 bridgehead atoms. The maximum absolute atomic E-state index is 13.1. The third-order valence-electron chi connectivity index (χ3n) is 1.76. The maximum Gasteiger partial charge on any atom is 0.165 e. The van der Waals surface area contributed by atoms with E-state index in [4.69, 9.17) is 4.74 Å². The molecule has 0 aromatic heterocycles. The van der Waals surface area contributed by atoms with E-state index in [-0.39, 0.29) is 18.2 Å². The normalized spacial score (nSPS) is 11.2. The minimum atomic E-state index is -0.362. The average Bonchev–Trinajstić information content (AvgIpc) is 2.22. The Balaban J connectivity index is 2.58. The smallest absolute Gasteiger partial charge is 0.165 e. The molecule has 0 unspecified atom stereocenters. The molecular weight excluding hydrogens is 183 g/mol. The average molecular weight is 196 g/mol. The highest BCUT2D eigenvalue weighted by Crippen LogP contribution is 2.14. The molecule has 76 valence electrons. The van der Waals surface area contributed by atoms with E-state index in [2.05, 4.69) is 10.3 Å². The van der Waals surface area contributed by atoms with Crippen LogP contribution in [0, 0.1) is 5.82 Å². The number of aliphatic imine (C=N–C) groups is 1. The zero-order valence-electron chi connectivity index (χ0n) is 8.25. The lowest BCUT2D eigenvalue weighted by Crippen LogP contribution is -2.25. The second-order valence-corrected chi connectivity index (χ2v) is 2.64. The van der Waals surface area contributed by atoms with Gasteiger partial charge in [-0.2, -0.15) is 0 Å². The quantitative estimate of drug-likeness (QED) is 0.586. The van der Waals surface area contributed by atoms with Crippen LogP contribution >= 0.6 is 0 Å². The summed E-state index contributed by atoms with van der Waals surface area (Å²) in [5.74, 6) is 0.552. The van der Waals surface area contributed by atoms with E-state index in [9.17, 15) is 4.39 Å². The first-order chi connectivity index (χ1) is 6.77. The van der Waals surface area contributed by atoms with Crippen LogP contribution in [0.4, 0.5) is 4.39 Å². The molecule has 0 aliphatic rings. The van der Waals surface area contributed by atoms with Crippen molar-refractivity contribution >= 4 is 5.84 Å². The lowest BCUT2D eigenvalue weighted by atomic mass is 10.3. The van der Waals surface area contributed by atoms with Gasteiger partial charge in [0.15, 0.2) is 11.6 Å². The number of halogens is 1. The van der Waals surface area contributed by atoms with E-state index < -0.39 is 0 Å². The van der Waals surface area contributed by atoms with Gasteiger partial charge >= 0.3 is 0 Å². The van der Waals surface area contributed by atoms with Gasteiger partial charge in [-0.25, -0.2) is 4.39 Å². The summed E-state index contributed by atoms with van der Waals surface area (Å²) in [5.41, 5.74) is 0. The minimum Gasteiger partial charge on any atom is -0.483 e. The van der Waals surface area contributed by atoms with E-state index in [0.717, 1.165) is 0 Å². The number of amidine groups is 1. The molecule has 0 spiro atoms. The number of para-hydroxylation sites is 1. The summed E-state index contributed by atoms with van der Waals surface area (Å²) in [7, 11) is 3.39. The third-order valence-corrected chi connectivity index (χ3v) is 1.76. The fourth-order valence-electron chi connectivity index (χ4n) is 0.956. The molecule has 0 heterocycles. The highest BCUT2D eigenvalue weighted by Gasteiger charge is 2.02. The van der Waals surface area contributed by atoms with Crippen molar-refractivity contribution in [1.29, 1.82) is 0 Å². The number of rotatable bonds is 3. The SMILES string of the molecule is CN=C(COc1ccccc1F)NC. The number of hydrogen-bond acceptors (Lipinski definition) is 2. The third kappa shape index (κ3) is 2.73. The zero-order valence-corrected chi connectivity index (χ0v) is 8.25. The van der Waals surface area contributed by atoms with Crippen LogP contribution in [-0.2, 0) is 0 Å². The first-order valence-corrected chi connectivity index (χ1v) is 4.28. The summed E-state index contributed by atoms with van der Waals surface area (Å²) in [6.45, 7) is 0.244. The summed E-state index contributed by atoms with van der Waals surface area (Å²) < 4.78 is 18.3. The Kier molecular flexibility index (Phi) is 3.91. The van der Waals surface area contributed by atoms with Gasteiger partial charge in [0.1, 0.15) is 12.4 Å². The second kappa shape index (κ2) is 5.21. The Labute approximate surface area is 82.6 Å². The number of ether oxygens (including phenoxy) is 1. The van der Waals surface area contributed by atoms with Crippen molar-refractivity contribution in [3.05, 3.63) is 30.1 Å². The lowest BCUT2D eigenvalue weighted by molar-refractivity contribution is 0.350. The maximum atomic E-state index is 13.1. The van der Waals surface area contributed by atoms with E-state index in [1.165, 1.54) is 6.07 Å². The van der Waals surface area contributed by atoms with Crippen molar-refractivity contribution in [2.75, 3.05) is 20.7 Å². The number of likely N-dealkylation sites (N-methyl/N-ethyl adjacent to an activating group) is 1. The van der Waals surface area contributed by atoms with Crippen LogP contribution in [0.3, 0.4) is 0 Å². The predicted molar refractivity (Wildman–Crippen MR) is 54.3 cm³/mol. The summed E-state index contributed by atoms with van der Waals surface area (Å²) in [6, 6.07) is 6.28. The molecule has 1 N–H and O–H groups in total. The van der Waals surface area contributed by atoms with E-state index >= 15 is 0 Å². The molecule has 0 fully saturated rings. The van der Waals surface area contributed by atoms with Crippen molar-refractivity contribution in [2.45, 2.75) is 0 Å². The molecule has 0 atom stereocenters. The van der Waals surface area contributed by atoms with E-state index in [1.54, 1.807) is 32.3 Å². The Hall–Kier alpha value is -1.58. The highest BCUT2D eigenvalue weighted by molar-refractivity contribution is 5.83. The fraction of sp³-hybridized carbons (Fsp3) is 0.300. The lowest BCUT2D eigenvalue weighted by Gasteiger charge is -2.08. The Bertz CT molecular complexity index is 326. The Morgan fingerprint density at radius 1 is 1.50 bits per heavy atom. The first kappa shape index (κ1) is 10.5. The van der Waals surface area contributed by atoms with Gasteiger partial charge in [0.25, 0.3) is 0 Å². The van der Waals surface area contributed by atoms with Crippen LogP contribution in [-0.4, -0.2) is 26.5 Å². The molecule has 1 aromatic carbocycles. The summed E-state index contributed by atoms with van der Waals surface area (Å²) in [4.78, 5) is 3.91. The molecule has 1 rings (SSSR count). The van der Waals surface area contributed by atoms with Gasteiger partial charge in [0.2, 0.25) is 0 Å². The van der Waals surface area contributed by atoms with Crippen molar-refractivity contribution in [3.8, 4) is 5.75 Å². The standard InChI is InChI=1S/C10H13FN2O/c1-12-10(13-2)7-14-9-6-4-3-5-8(9)11/h3-6H,7H2,1-2H3,(H,12,13). The Morgan fingerprint density at radius 2 is 2.21 bits per heavy atom. The second-order valence-electron chi connectivity index (χ2n) is 2.64. The van der Waals surface area contributed by atoms with Crippen molar-refractivity contribution in [2.24, 2.45) is 4.99 Å². The van der Waals surface area contributed by atoms with Crippen molar-refractivity contribution in [3.63, 3.8) is 0 Å². The van der Waals surface area contributed by atoms with Crippen molar-refractivity contribution in [1.82, 2.24) is 5.32 Å². The molecule has 3 nitrogen and oxygen atoms in total. The van der Waals surface area contributed by atoms with Gasteiger partial charge in [0, 0.05) is 14.1 Å². The summed E-state index contributed by atoms with van der Waals surface area (Å²) in [5, 5.41) is 2.84. The first-order valence-electron chi connectivity index (χ1n) is 4.28. The van der Waals surface area contributed by atoms with Crippen LogP contribution in [0.1, 0.15) is 0 Å². The van der Waals surface area contributed by atoms with Crippen molar-refractivity contribution < 1.29 is 9.13 Å². The monoisotopic (exact) mass is 196 g/mol. The zero-order chi connectivity index (χ0) is 10.4. The number of nitrogens with one attached hydrogen (secondary N) is 1. The molecule has 0 saturated carbocycles. The molecule has 0 aliphatic heterocycles. The number of nitrogens with zero attached hydrogens (tertiary/aromatic N) is 1. The molecule has 1 aromatic rings. The van der Waals surface area contributed by atoms with Gasteiger partial charge in [-0.1, -0.05) is 12.1 Å². The topological polar surface area (TPSA) is 33.6 Å². The number of hydrogen-bond donors (Lipinski definition) is 1. The highest BCUT2D eigenvalue weighted by atomic mass is 19.1. The van der Waals surface area contributed by atoms with Gasteiger partial charge in [0.05, 0.1) is 0 Å². The molecule has 0 radical (unpaired) electrons.